The van der Waals surface area contributed by atoms with E-state index in [-0.39, 0.29) is 18.1 Å². The van der Waals surface area contributed by atoms with E-state index >= 15 is 0 Å². The van der Waals surface area contributed by atoms with E-state index in [0.29, 0.717) is 0 Å². The topological polar surface area (TPSA) is 70.2 Å². The first-order valence-electron chi connectivity index (χ1n) is 7.13. The molecule has 0 saturated carbocycles. The average Bonchev–Trinajstić information content (AvgIpc) is 3.05. The number of carbonyl (C=O) groups excluding carboxylic acids is 1. The summed E-state index contributed by atoms with van der Waals surface area (Å²) in [6.07, 6.45) is 2.54. The molecule has 0 spiro atoms. The van der Waals surface area contributed by atoms with E-state index in [9.17, 15) is 4.79 Å². The van der Waals surface area contributed by atoms with Crippen LogP contribution >= 0.6 is 11.3 Å². The Labute approximate surface area is 127 Å². The molecule has 112 valence electrons. The van der Waals surface area contributed by atoms with Crippen LogP contribution in [0.25, 0.3) is 10.2 Å². The largest absolute Gasteiger partial charge is 0.354 e. The number of anilines is 1. The quantitative estimate of drug-likeness (QED) is 0.909. The van der Waals surface area contributed by atoms with Crippen molar-refractivity contribution in [2.45, 2.75) is 32.4 Å². The maximum atomic E-state index is 11.8. The molecule has 0 aliphatic carbocycles. The van der Waals surface area contributed by atoms with Crippen LogP contribution in [0.1, 0.15) is 20.3 Å². The van der Waals surface area contributed by atoms with E-state index in [1.54, 1.807) is 17.7 Å². The number of nitrogens with one attached hydrogen (secondary N) is 2. The fraction of sp³-hybridized carbons (Fsp3) is 0.500. The third-order valence-electron chi connectivity index (χ3n) is 3.48. The van der Waals surface area contributed by atoms with Crippen LogP contribution < -0.4 is 15.5 Å². The molecule has 21 heavy (non-hydrogen) atoms. The van der Waals surface area contributed by atoms with Crippen molar-refractivity contribution in [1.29, 1.82) is 0 Å². The molecular weight excluding hydrogens is 286 g/mol. The summed E-state index contributed by atoms with van der Waals surface area (Å²) in [5.41, 5.74) is 0. The lowest BCUT2D eigenvalue weighted by Crippen LogP contribution is -2.45. The molecule has 2 aromatic heterocycles. The number of carbonyl (C=O) groups is 1. The molecule has 3 rings (SSSR count). The molecule has 3 heterocycles. The standard InChI is InChI=1S/C14H19N5OS/c1-9(2)17-14(20)18-10-3-5-19(7-10)12-11-4-6-21-13(11)16-8-15-12/h4,6,8-10H,3,5,7H2,1-2H3,(H2,17,18,20). The highest BCUT2D eigenvalue weighted by Crippen LogP contribution is 2.28. The van der Waals surface area contributed by atoms with Gasteiger partial charge in [0.1, 0.15) is 17.0 Å². The number of hydrogen-bond donors (Lipinski definition) is 2. The number of urea groups is 1. The number of hydrogen-bond acceptors (Lipinski definition) is 5. The first-order chi connectivity index (χ1) is 10.1. The monoisotopic (exact) mass is 305 g/mol. The molecule has 1 aliphatic heterocycles. The molecule has 0 aromatic carbocycles. The molecule has 0 radical (unpaired) electrons. The van der Waals surface area contributed by atoms with Crippen LogP contribution in [0.3, 0.4) is 0 Å². The number of thiophene rings is 1. The lowest BCUT2D eigenvalue weighted by Gasteiger charge is -2.19. The van der Waals surface area contributed by atoms with Gasteiger partial charge in [-0.15, -0.1) is 11.3 Å². The molecule has 1 unspecified atom stereocenters. The zero-order valence-electron chi connectivity index (χ0n) is 12.2. The second kappa shape index (κ2) is 5.85. The Morgan fingerprint density at radius 2 is 2.33 bits per heavy atom. The summed E-state index contributed by atoms with van der Waals surface area (Å²) in [6, 6.07) is 2.27. The Morgan fingerprint density at radius 3 is 3.14 bits per heavy atom. The van der Waals surface area contributed by atoms with Crippen LogP contribution in [0.5, 0.6) is 0 Å². The van der Waals surface area contributed by atoms with Crippen LogP contribution in [-0.4, -0.2) is 41.2 Å². The molecule has 6 nitrogen and oxygen atoms in total. The van der Waals surface area contributed by atoms with E-state index in [4.69, 9.17) is 0 Å². The van der Waals surface area contributed by atoms with E-state index in [1.165, 1.54) is 0 Å². The lowest BCUT2D eigenvalue weighted by molar-refractivity contribution is 0.235. The molecule has 2 amide bonds. The van der Waals surface area contributed by atoms with Crippen LogP contribution in [-0.2, 0) is 0 Å². The van der Waals surface area contributed by atoms with Crippen molar-refractivity contribution in [2.75, 3.05) is 18.0 Å². The van der Waals surface area contributed by atoms with E-state index < -0.39 is 0 Å². The summed E-state index contributed by atoms with van der Waals surface area (Å²) in [4.78, 5) is 23.7. The summed E-state index contributed by atoms with van der Waals surface area (Å²) in [7, 11) is 0. The van der Waals surface area contributed by atoms with Crippen LogP contribution in [0.15, 0.2) is 17.8 Å². The van der Waals surface area contributed by atoms with Gasteiger partial charge in [0.25, 0.3) is 0 Å². The van der Waals surface area contributed by atoms with Gasteiger partial charge in [-0.05, 0) is 31.7 Å². The van der Waals surface area contributed by atoms with Crippen molar-refractivity contribution in [3.05, 3.63) is 17.8 Å². The fourth-order valence-electron chi connectivity index (χ4n) is 2.59. The number of nitrogens with zero attached hydrogens (tertiary/aromatic N) is 3. The first kappa shape index (κ1) is 14.1. The number of rotatable bonds is 3. The summed E-state index contributed by atoms with van der Waals surface area (Å²) in [6.45, 7) is 5.59. The van der Waals surface area contributed by atoms with Crippen LogP contribution in [0, 0.1) is 0 Å². The van der Waals surface area contributed by atoms with Crippen LogP contribution in [0.4, 0.5) is 10.6 Å². The Morgan fingerprint density at radius 1 is 1.48 bits per heavy atom. The van der Waals surface area contributed by atoms with E-state index in [1.807, 2.05) is 19.2 Å². The molecular formula is C14H19N5OS. The van der Waals surface area contributed by atoms with Gasteiger partial charge in [-0.3, -0.25) is 0 Å². The maximum Gasteiger partial charge on any atom is 0.315 e. The highest BCUT2D eigenvalue weighted by atomic mass is 32.1. The Bertz CT molecular complexity index is 641. The van der Waals surface area contributed by atoms with Crippen molar-refractivity contribution in [2.24, 2.45) is 0 Å². The van der Waals surface area contributed by atoms with Gasteiger partial charge in [-0.1, -0.05) is 0 Å². The minimum absolute atomic E-state index is 0.0970. The normalized spacial score (nSPS) is 18.4. The summed E-state index contributed by atoms with van der Waals surface area (Å²) in [5.74, 6) is 0.967. The lowest BCUT2D eigenvalue weighted by atomic mass is 10.3. The fourth-order valence-corrected chi connectivity index (χ4v) is 3.32. The van der Waals surface area contributed by atoms with Gasteiger partial charge in [0, 0.05) is 25.2 Å². The van der Waals surface area contributed by atoms with Gasteiger partial charge in [-0.25, -0.2) is 14.8 Å². The van der Waals surface area contributed by atoms with Crippen molar-refractivity contribution >= 4 is 33.4 Å². The highest BCUT2D eigenvalue weighted by molar-refractivity contribution is 7.16. The van der Waals surface area contributed by atoms with Gasteiger partial charge in [-0.2, -0.15) is 0 Å². The first-order valence-corrected chi connectivity index (χ1v) is 8.01. The molecule has 2 N–H and O–H groups in total. The minimum atomic E-state index is -0.0970. The zero-order valence-corrected chi connectivity index (χ0v) is 13.0. The Kier molecular flexibility index (Phi) is 3.92. The summed E-state index contributed by atoms with van der Waals surface area (Å²) >= 11 is 1.62. The molecule has 1 atom stereocenters. The molecule has 7 heteroatoms. The molecule has 1 saturated heterocycles. The average molecular weight is 305 g/mol. The van der Waals surface area contributed by atoms with Gasteiger partial charge in [0.15, 0.2) is 0 Å². The smallest absolute Gasteiger partial charge is 0.315 e. The highest BCUT2D eigenvalue weighted by Gasteiger charge is 2.26. The van der Waals surface area contributed by atoms with Crippen molar-refractivity contribution in [3.63, 3.8) is 0 Å². The van der Waals surface area contributed by atoms with Gasteiger partial charge in [0.2, 0.25) is 0 Å². The second-order valence-corrected chi connectivity index (χ2v) is 6.44. The Balaban J connectivity index is 1.67. The number of aromatic nitrogens is 2. The van der Waals surface area contributed by atoms with E-state index in [2.05, 4.69) is 31.6 Å². The predicted molar refractivity (Wildman–Crippen MR) is 84.8 cm³/mol. The summed E-state index contributed by atoms with van der Waals surface area (Å²) in [5, 5.41) is 9.00. The van der Waals surface area contributed by atoms with Crippen LogP contribution in [0.2, 0.25) is 0 Å². The zero-order chi connectivity index (χ0) is 14.8. The Hall–Kier alpha value is -1.89. The maximum absolute atomic E-state index is 11.8. The molecule has 1 aliphatic rings. The molecule has 2 aromatic rings. The third-order valence-corrected chi connectivity index (χ3v) is 4.30. The molecule has 1 fully saturated rings. The van der Waals surface area contributed by atoms with Gasteiger partial charge in [0.05, 0.1) is 5.39 Å². The van der Waals surface area contributed by atoms with Crippen molar-refractivity contribution in [3.8, 4) is 0 Å². The predicted octanol–water partition coefficient (Wildman–Crippen LogP) is 1.98. The minimum Gasteiger partial charge on any atom is -0.354 e. The van der Waals surface area contributed by atoms with Crippen molar-refractivity contribution < 1.29 is 4.79 Å². The molecule has 0 bridgehead atoms. The van der Waals surface area contributed by atoms with E-state index in [0.717, 1.165) is 35.5 Å². The van der Waals surface area contributed by atoms with Crippen molar-refractivity contribution in [1.82, 2.24) is 20.6 Å². The van der Waals surface area contributed by atoms with Gasteiger partial charge < -0.3 is 15.5 Å². The number of amides is 2. The van der Waals surface area contributed by atoms with Gasteiger partial charge >= 0.3 is 6.03 Å². The second-order valence-electron chi connectivity index (χ2n) is 5.54. The third kappa shape index (κ3) is 3.07. The summed E-state index contributed by atoms with van der Waals surface area (Å²) < 4.78 is 0. The number of fused-ring (bicyclic) bond motifs is 1. The SMILES string of the molecule is CC(C)NC(=O)NC1CCN(c2ncnc3sccc23)C1.